The first kappa shape index (κ1) is 22.3. The van der Waals surface area contributed by atoms with Crippen molar-refractivity contribution in [3.8, 4) is 17.2 Å². The molecule has 0 fully saturated rings. The number of halogens is 2. The topological polar surface area (TPSA) is 55.3 Å². The molecule has 158 valence electrons. The Hall–Kier alpha value is -3.03. The highest BCUT2D eigenvalue weighted by molar-refractivity contribution is 5.79. The predicted octanol–water partition coefficient (Wildman–Crippen LogP) is 3.56. The zero-order chi connectivity index (χ0) is 21.2. The van der Waals surface area contributed by atoms with Gasteiger partial charge < -0.3 is 24.4 Å². The van der Waals surface area contributed by atoms with Gasteiger partial charge in [0.1, 0.15) is 5.75 Å². The summed E-state index contributed by atoms with van der Waals surface area (Å²) >= 11 is 0. The quantitative estimate of drug-likeness (QED) is 0.509. The van der Waals surface area contributed by atoms with E-state index in [2.05, 4.69) is 15.0 Å². The molecule has 2 aromatic carbocycles. The van der Waals surface area contributed by atoms with Crippen molar-refractivity contribution in [2.45, 2.75) is 19.6 Å². The molecule has 0 spiro atoms. The molecule has 0 aliphatic carbocycles. The molecule has 0 saturated heterocycles. The smallest absolute Gasteiger partial charge is 0.387 e. The lowest BCUT2D eigenvalue weighted by Gasteiger charge is -2.22. The number of guanidine groups is 1. The molecule has 8 heteroatoms. The number of ether oxygens (including phenoxy) is 3. The third-order valence-corrected chi connectivity index (χ3v) is 4.29. The number of nitrogens with one attached hydrogen (secondary N) is 1. The van der Waals surface area contributed by atoms with Crippen molar-refractivity contribution in [3.05, 3.63) is 53.6 Å². The Balaban J connectivity index is 1.91. The summed E-state index contributed by atoms with van der Waals surface area (Å²) < 4.78 is 39.9. The molecule has 0 bridgehead atoms. The molecule has 2 rings (SSSR count). The highest BCUT2D eigenvalue weighted by Crippen LogP contribution is 2.29. The minimum atomic E-state index is -2.90. The van der Waals surface area contributed by atoms with E-state index in [9.17, 15) is 8.78 Å². The maximum Gasteiger partial charge on any atom is 0.387 e. The summed E-state index contributed by atoms with van der Waals surface area (Å²) in [5, 5.41) is 3.28. The van der Waals surface area contributed by atoms with Gasteiger partial charge >= 0.3 is 6.61 Å². The molecule has 0 aliphatic rings. The molecule has 2 aromatic rings. The van der Waals surface area contributed by atoms with Crippen LogP contribution in [0.4, 0.5) is 8.78 Å². The Kier molecular flexibility index (Phi) is 8.51. The second-order valence-electron chi connectivity index (χ2n) is 6.29. The van der Waals surface area contributed by atoms with E-state index in [1.165, 1.54) is 7.11 Å². The van der Waals surface area contributed by atoms with E-state index in [1.54, 1.807) is 26.3 Å². The summed E-state index contributed by atoms with van der Waals surface area (Å²) in [6.07, 6.45) is 0.610. The maximum atomic E-state index is 12.6. The van der Waals surface area contributed by atoms with Gasteiger partial charge in [-0.2, -0.15) is 8.78 Å². The van der Waals surface area contributed by atoms with Crippen molar-refractivity contribution in [2.24, 2.45) is 4.99 Å². The van der Waals surface area contributed by atoms with Crippen LogP contribution in [0.5, 0.6) is 17.2 Å². The summed E-state index contributed by atoms with van der Waals surface area (Å²) in [6, 6.07) is 12.9. The first-order valence-corrected chi connectivity index (χ1v) is 9.13. The number of benzene rings is 2. The van der Waals surface area contributed by atoms with E-state index >= 15 is 0 Å². The standard InChI is InChI=1S/C21H27F2N3O3/c1-24-21(26(2)14-16-5-8-17(27-3)9-6-16)25-12-11-15-7-10-18(28-4)19(13-15)29-20(22)23/h5-10,13,20H,11-12,14H2,1-4H3,(H,24,25). The third kappa shape index (κ3) is 6.81. The van der Waals surface area contributed by atoms with Crippen molar-refractivity contribution in [2.75, 3.05) is 34.9 Å². The molecule has 0 saturated carbocycles. The lowest BCUT2D eigenvalue weighted by Crippen LogP contribution is -2.39. The van der Waals surface area contributed by atoms with Crippen LogP contribution < -0.4 is 19.5 Å². The summed E-state index contributed by atoms with van der Waals surface area (Å²) in [4.78, 5) is 6.30. The molecule has 6 nitrogen and oxygen atoms in total. The Morgan fingerprint density at radius 2 is 1.72 bits per heavy atom. The molecule has 0 atom stereocenters. The largest absolute Gasteiger partial charge is 0.497 e. The minimum Gasteiger partial charge on any atom is -0.497 e. The van der Waals surface area contributed by atoms with Crippen LogP contribution in [0.25, 0.3) is 0 Å². The number of nitrogens with zero attached hydrogens (tertiary/aromatic N) is 2. The molecule has 29 heavy (non-hydrogen) atoms. The van der Waals surface area contributed by atoms with E-state index < -0.39 is 6.61 Å². The van der Waals surface area contributed by atoms with Crippen LogP contribution in [0.2, 0.25) is 0 Å². The van der Waals surface area contributed by atoms with Gasteiger partial charge in [0.2, 0.25) is 0 Å². The maximum absolute atomic E-state index is 12.6. The predicted molar refractivity (Wildman–Crippen MR) is 109 cm³/mol. The van der Waals surface area contributed by atoms with Crippen molar-refractivity contribution in [3.63, 3.8) is 0 Å². The van der Waals surface area contributed by atoms with Crippen LogP contribution in [0.15, 0.2) is 47.5 Å². The van der Waals surface area contributed by atoms with Gasteiger partial charge in [0, 0.05) is 27.2 Å². The SMILES string of the molecule is CN=C(NCCc1ccc(OC)c(OC(F)F)c1)N(C)Cc1ccc(OC)cc1. The highest BCUT2D eigenvalue weighted by atomic mass is 19.3. The first-order chi connectivity index (χ1) is 14.0. The molecule has 0 radical (unpaired) electrons. The minimum absolute atomic E-state index is 0.0287. The van der Waals surface area contributed by atoms with E-state index in [1.807, 2.05) is 42.3 Å². The number of methoxy groups -OCH3 is 2. The summed E-state index contributed by atoms with van der Waals surface area (Å²) in [7, 11) is 6.71. The zero-order valence-corrected chi connectivity index (χ0v) is 17.1. The number of rotatable bonds is 9. The van der Waals surface area contributed by atoms with Gasteiger partial charge in [-0.15, -0.1) is 0 Å². The number of hydrogen-bond donors (Lipinski definition) is 1. The Morgan fingerprint density at radius 1 is 1.03 bits per heavy atom. The average molecular weight is 407 g/mol. The van der Waals surface area contributed by atoms with Crippen molar-refractivity contribution >= 4 is 5.96 Å². The number of alkyl halides is 2. The van der Waals surface area contributed by atoms with Crippen molar-refractivity contribution in [1.29, 1.82) is 0 Å². The Bertz CT molecular complexity index is 798. The van der Waals surface area contributed by atoms with Crippen LogP contribution in [0, 0.1) is 0 Å². The highest BCUT2D eigenvalue weighted by Gasteiger charge is 2.12. The van der Waals surface area contributed by atoms with Gasteiger partial charge in [-0.05, 0) is 41.8 Å². The van der Waals surface area contributed by atoms with Crippen LogP contribution in [-0.4, -0.2) is 52.3 Å². The van der Waals surface area contributed by atoms with E-state index in [-0.39, 0.29) is 11.5 Å². The molecular formula is C21H27F2N3O3. The molecule has 0 unspecified atom stereocenters. The summed E-state index contributed by atoms with van der Waals surface area (Å²) in [5.74, 6) is 1.85. The molecule has 1 N–H and O–H groups in total. The van der Waals surface area contributed by atoms with E-state index in [4.69, 9.17) is 9.47 Å². The van der Waals surface area contributed by atoms with Crippen LogP contribution in [-0.2, 0) is 13.0 Å². The number of hydrogen-bond acceptors (Lipinski definition) is 4. The lowest BCUT2D eigenvalue weighted by atomic mass is 10.1. The average Bonchev–Trinajstić information content (AvgIpc) is 2.71. The van der Waals surface area contributed by atoms with E-state index in [0.29, 0.717) is 19.5 Å². The fourth-order valence-corrected chi connectivity index (χ4v) is 2.85. The second-order valence-corrected chi connectivity index (χ2v) is 6.29. The van der Waals surface area contributed by atoms with Gasteiger partial charge in [-0.1, -0.05) is 18.2 Å². The van der Waals surface area contributed by atoms with E-state index in [0.717, 1.165) is 22.8 Å². The monoisotopic (exact) mass is 407 g/mol. The first-order valence-electron chi connectivity index (χ1n) is 9.13. The van der Waals surface area contributed by atoms with Crippen LogP contribution in [0.1, 0.15) is 11.1 Å². The fourth-order valence-electron chi connectivity index (χ4n) is 2.85. The molecule has 0 aromatic heterocycles. The van der Waals surface area contributed by atoms with Crippen molar-refractivity contribution in [1.82, 2.24) is 10.2 Å². The molecular weight excluding hydrogens is 380 g/mol. The van der Waals surface area contributed by atoms with Gasteiger partial charge in [0.05, 0.1) is 14.2 Å². The zero-order valence-electron chi connectivity index (χ0n) is 17.1. The van der Waals surface area contributed by atoms with Crippen molar-refractivity contribution < 1.29 is 23.0 Å². The molecule has 0 heterocycles. The molecule has 0 aliphatic heterocycles. The number of aliphatic imine (C=N–C) groups is 1. The normalized spacial score (nSPS) is 11.3. The van der Waals surface area contributed by atoms with Gasteiger partial charge in [0.25, 0.3) is 0 Å². The molecule has 0 amide bonds. The van der Waals surface area contributed by atoms with Crippen LogP contribution >= 0.6 is 0 Å². The van der Waals surface area contributed by atoms with Gasteiger partial charge in [-0.25, -0.2) is 0 Å². The second kappa shape index (κ2) is 11.1. The third-order valence-electron chi connectivity index (χ3n) is 4.29. The summed E-state index contributed by atoms with van der Waals surface area (Å²) in [5.41, 5.74) is 1.97. The van der Waals surface area contributed by atoms with Gasteiger partial charge in [0.15, 0.2) is 17.5 Å². The summed E-state index contributed by atoms with van der Waals surface area (Å²) in [6.45, 7) is -1.64. The Labute approximate surface area is 170 Å². The fraction of sp³-hybridized carbons (Fsp3) is 0.381. The van der Waals surface area contributed by atoms with Gasteiger partial charge in [-0.3, -0.25) is 4.99 Å². The van der Waals surface area contributed by atoms with Crippen LogP contribution in [0.3, 0.4) is 0 Å². The lowest BCUT2D eigenvalue weighted by molar-refractivity contribution is -0.0512. The Morgan fingerprint density at radius 3 is 2.31 bits per heavy atom.